The second kappa shape index (κ2) is 5.50. The van der Waals surface area contributed by atoms with Gasteiger partial charge in [-0.25, -0.2) is 0 Å². The molecular weight excluding hydrogens is 276 g/mol. The van der Waals surface area contributed by atoms with Crippen molar-refractivity contribution in [1.82, 2.24) is 0 Å². The molecular formula is C23H42. The van der Waals surface area contributed by atoms with Crippen LogP contribution in [0.25, 0.3) is 0 Å². The SMILES string of the molecule is CC(C)C1CC[C@H]2C3CCC4CC(C)(C)CCC4C3CCC12C.[HH]. The van der Waals surface area contributed by atoms with Crippen LogP contribution in [0.1, 0.15) is 93.8 Å². The first kappa shape index (κ1) is 16.5. The normalized spacial score (nSPS) is 51.9. The maximum atomic E-state index is 2.70. The average molecular weight is 319 g/mol. The Morgan fingerprint density at radius 3 is 2.26 bits per heavy atom. The van der Waals surface area contributed by atoms with E-state index in [0.717, 1.165) is 41.4 Å². The zero-order valence-corrected chi connectivity index (χ0v) is 16.4. The van der Waals surface area contributed by atoms with Crippen LogP contribution in [0.3, 0.4) is 0 Å². The molecule has 0 radical (unpaired) electrons. The summed E-state index contributed by atoms with van der Waals surface area (Å²) in [6.45, 7) is 12.7. The van der Waals surface area contributed by atoms with Crippen LogP contribution >= 0.6 is 0 Å². The third-order valence-electron chi connectivity index (χ3n) is 9.37. The van der Waals surface area contributed by atoms with Gasteiger partial charge in [-0.15, -0.1) is 0 Å². The molecule has 0 aromatic heterocycles. The molecule has 4 aliphatic rings. The molecule has 0 spiro atoms. The van der Waals surface area contributed by atoms with Gasteiger partial charge in [0.2, 0.25) is 0 Å². The summed E-state index contributed by atoms with van der Waals surface area (Å²) < 4.78 is 0. The molecule has 0 aliphatic heterocycles. The minimum Gasteiger partial charge on any atom is -0.0625 e. The molecule has 6 unspecified atom stereocenters. The Bertz CT molecular complexity index is 453. The fourth-order valence-corrected chi connectivity index (χ4v) is 8.44. The second-order valence-electron chi connectivity index (χ2n) is 11.3. The van der Waals surface area contributed by atoms with Gasteiger partial charge in [-0.1, -0.05) is 34.6 Å². The number of rotatable bonds is 1. The Kier molecular flexibility index (Phi) is 3.94. The Balaban J connectivity index is 0.00000169. The van der Waals surface area contributed by atoms with Crippen molar-refractivity contribution in [3.63, 3.8) is 0 Å². The minimum absolute atomic E-state index is 0. The van der Waals surface area contributed by atoms with E-state index >= 15 is 0 Å². The number of hydrogen-bond acceptors (Lipinski definition) is 0. The van der Waals surface area contributed by atoms with E-state index in [4.69, 9.17) is 0 Å². The first-order chi connectivity index (χ1) is 10.8. The highest BCUT2D eigenvalue weighted by Gasteiger charge is 2.57. The van der Waals surface area contributed by atoms with Crippen molar-refractivity contribution in [2.45, 2.75) is 92.4 Å². The van der Waals surface area contributed by atoms with Gasteiger partial charge < -0.3 is 0 Å². The van der Waals surface area contributed by atoms with Gasteiger partial charge in [-0.2, -0.15) is 0 Å². The van der Waals surface area contributed by atoms with Gasteiger partial charge >= 0.3 is 0 Å². The molecule has 0 aromatic rings. The molecule has 0 heterocycles. The molecule has 0 heteroatoms. The van der Waals surface area contributed by atoms with Gasteiger partial charge in [0.15, 0.2) is 0 Å². The maximum absolute atomic E-state index is 2.70. The summed E-state index contributed by atoms with van der Waals surface area (Å²) in [5.41, 5.74) is 1.32. The summed E-state index contributed by atoms with van der Waals surface area (Å²) >= 11 is 0. The van der Waals surface area contributed by atoms with E-state index in [1.165, 1.54) is 19.3 Å². The fourth-order valence-electron chi connectivity index (χ4n) is 8.44. The van der Waals surface area contributed by atoms with Gasteiger partial charge in [-0.05, 0) is 110 Å². The molecule has 0 N–H and O–H groups in total. The standard InChI is InChI=1S/C23H40.H2/c1-15(2)20-8-9-21-19-7-6-16-14-22(3,4)12-10-17(16)18(19)11-13-23(20,21)5;/h15-21H,6-14H2,1-5H3;1H/t16?,17?,18?,19?,20?,21-,23?;/m0./s1. The van der Waals surface area contributed by atoms with Gasteiger partial charge in [0.1, 0.15) is 0 Å². The quantitative estimate of drug-likeness (QED) is 0.480. The van der Waals surface area contributed by atoms with Crippen molar-refractivity contribution in [2.24, 2.45) is 52.3 Å². The lowest BCUT2D eigenvalue weighted by Gasteiger charge is -2.57. The highest BCUT2D eigenvalue weighted by Crippen LogP contribution is 2.65. The first-order valence-electron chi connectivity index (χ1n) is 10.8. The van der Waals surface area contributed by atoms with Crippen molar-refractivity contribution in [1.29, 1.82) is 0 Å². The van der Waals surface area contributed by atoms with E-state index in [9.17, 15) is 0 Å². The van der Waals surface area contributed by atoms with E-state index in [1.807, 2.05) is 0 Å². The van der Waals surface area contributed by atoms with E-state index < -0.39 is 0 Å². The summed E-state index contributed by atoms with van der Waals surface area (Å²) in [7, 11) is 0. The van der Waals surface area contributed by atoms with Crippen molar-refractivity contribution in [3.8, 4) is 0 Å². The predicted molar refractivity (Wildman–Crippen MR) is 101 cm³/mol. The summed E-state index contributed by atoms with van der Waals surface area (Å²) in [5, 5.41) is 0. The van der Waals surface area contributed by atoms with Crippen LogP contribution in [-0.4, -0.2) is 0 Å². The molecule has 0 nitrogen and oxygen atoms in total. The largest absolute Gasteiger partial charge is 0.0625 e. The molecule has 4 aliphatic carbocycles. The molecule has 0 amide bonds. The van der Waals surface area contributed by atoms with Crippen molar-refractivity contribution >= 4 is 0 Å². The molecule has 7 atom stereocenters. The molecule has 134 valence electrons. The Hall–Kier alpha value is 0. The lowest BCUT2D eigenvalue weighted by molar-refractivity contribution is -0.0800. The second-order valence-corrected chi connectivity index (χ2v) is 11.3. The highest BCUT2D eigenvalue weighted by molar-refractivity contribution is 5.06. The van der Waals surface area contributed by atoms with Crippen LogP contribution < -0.4 is 0 Å². The van der Waals surface area contributed by atoms with Crippen LogP contribution in [0.5, 0.6) is 0 Å². The molecule has 0 saturated heterocycles. The van der Waals surface area contributed by atoms with Gasteiger partial charge in [0.25, 0.3) is 0 Å². The molecule has 4 fully saturated rings. The molecule has 4 saturated carbocycles. The predicted octanol–water partition coefficient (Wildman–Crippen LogP) is 7.18. The number of hydrogen-bond donors (Lipinski definition) is 0. The molecule has 0 bridgehead atoms. The van der Waals surface area contributed by atoms with Gasteiger partial charge in [0.05, 0.1) is 0 Å². The van der Waals surface area contributed by atoms with Gasteiger partial charge in [0, 0.05) is 1.43 Å². The van der Waals surface area contributed by atoms with Crippen LogP contribution in [0.2, 0.25) is 0 Å². The van der Waals surface area contributed by atoms with Crippen LogP contribution in [0.15, 0.2) is 0 Å². The first-order valence-corrected chi connectivity index (χ1v) is 10.8. The number of fused-ring (bicyclic) bond motifs is 5. The van der Waals surface area contributed by atoms with Crippen LogP contribution in [-0.2, 0) is 0 Å². The van der Waals surface area contributed by atoms with Crippen molar-refractivity contribution in [2.75, 3.05) is 0 Å². The van der Waals surface area contributed by atoms with E-state index in [1.54, 1.807) is 38.5 Å². The maximum Gasteiger partial charge on any atom is 0 e. The van der Waals surface area contributed by atoms with E-state index in [2.05, 4.69) is 34.6 Å². The Morgan fingerprint density at radius 2 is 1.52 bits per heavy atom. The zero-order valence-electron chi connectivity index (χ0n) is 16.4. The smallest absolute Gasteiger partial charge is 0 e. The topological polar surface area (TPSA) is 0 Å². The average Bonchev–Trinajstić information content (AvgIpc) is 2.83. The van der Waals surface area contributed by atoms with Crippen LogP contribution in [0, 0.1) is 52.3 Å². The minimum atomic E-state index is 0. The third kappa shape index (κ3) is 2.53. The van der Waals surface area contributed by atoms with Crippen LogP contribution in [0.4, 0.5) is 0 Å². The Morgan fingerprint density at radius 1 is 0.783 bits per heavy atom. The fraction of sp³-hybridized carbons (Fsp3) is 1.00. The lowest BCUT2D eigenvalue weighted by Crippen LogP contribution is -2.49. The van der Waals surface area contributed by atoms with E-state index in [-0.39, 0.29) is 1.43 Å². The van der Waals surface area contributed by atoms with Gasteiger partial charge in [-0.3, -0.25) is 0 Å². The molecule has 4 rings (SSSR count). The van der Waals surface area contributed by atoms with Crippen molar-refractivity contribution in [3.05, 3.63) is 0 Å². The summed E-state index contributed by atoms with van der Waals surface area (Å²) in [4.78, 5) is 0. The highest BCUT2D eigenvalue weighted by atomic mass is 14.6. The summed E-state index contributed by atoms with van der Waals surface area (Å²) in [5.74, 6) is 7.36. The molecule has 23 heavy (non-hydrogen) atoms. The lowest BCUT2D eigenvalue weighted by atomic mass is 9.48. The Labute approximate surface area is 146 Å². The monoisotopic (exact) mass is 318 g/mol. The van der Waals surface area contributed by atoms with Crippen molar-refractivity contribution < 1.29 is 1.43 Å². The summed E-state index contributed by atoms with van der Waals surface area (Å²) in [6, 6.07) is 0. The summed E-state index contributed by atoms with van der Waals surface area (Å²) in [6.07, 6.45) is 13.9. The third-order valence-corrected chi connectivity index (χ3v) is 9.37. The van der Waals surface area contributed by atoms with E-state index in [0.29, 0.717) is 10.8 Å². The zero-order chi connectivity index (χ0) is 16.4. The molecule has 0 aromatic carbocycles.